The molecule has 5 aliphatic carbocycles. The summed E-state index contributed by atoms with van der Waals surface area (Å²) in [5, 5.41) is 24.2. The van der Waals surface area contributed by atoms with Crippen molar-refractivity contribution < 1.29 is 9.90 Å². The Morgan fingerprint density at radius 1 is 1.09 bits per heavy atom. The molecule has 9 atom stereocenters. The summed E-state index contributed by atoms with van der Waals surface area (Å²) in [5.74, 6) is 8.03. The fourth-order valence-electron chi connectivity index (χ4n) is 9.70. The molecule has 0 aliphatic heterocycles. The zero-order valence-corrected chi connectivity index (χ0v) is 20.7. The highest BCUT2D eigenvalue weighted by Gasteiger charge is 2.63. The van der Waals surface area contributed by atoms with E-state index in [1.165, 1.54) is 44.9 Å². The fraction of sp³-hybridized carbons (Fsp3) is 0.793. The molecular weight excluding hydrogens is 422 g/mol. The monoisotopic (exact) mass is 461 g/mol. The van der Waals surface area contributed by atoms with Crippen molar-refractivity contribution in [3.05, 3.63) is 23.5 Å². The topological polar surface area (TPSA) is 78.9 Å². The Morgan fingerprint density at radius 2 is 1.85 bits per heavy atom. The lowest BCUT2D eigenvalue weighted by Crippen LogP contribution is -2.51. The van der Waals surface area contributed by atoms with E-state index in [2.05, 4.69) is 24.0 Å². The molecule has 0 aromatic carbocycles. The van der Waals surface area contributed by atoms with Crippen LogP contribution < -0.4 is 0 Å². The van der Waals surface area contributed by atoms with Gasteiger partial charge in [-0.1, -0.05) is 6.92 Å². The van der Waals surface area contributed by atoms with E-state index in [9.17, 15) is 15.2 Å². The van der Waals surface area contributed by atoms with Crippen LogP contribution in [0.2, 0.25) is 0 Å². The number of aromatic nitrogens is 2. The highest BCUT2D eigenvalue weighted by molar-refractivity contribution is 5.54. The normalized spacial score (nSPS) is 45.4. The van der Waals surface area contributed by atoms with E-state index in [1.807, 2.05) is 6.92 Å². The maximum atomic E-state index is 12.3. The summed E-state index contributed by atoms with van der Waals surface area (Å²) in [7, 11) is 0. The molecule has 1 aromatic heterocycles. The molecule has 1 N–H and O–H groups in total. The van der Waals surface area contributed by atoms with E-state index in [1.54, 1.807) is 17.1 Å². The quantitative estimate of drug-likeness (QED) is 0.628. The summed E-state index contributed by atoms with van der Waals surface area (Å²) in [5.41, 5.74) is 1.11. The average molecular weight is 462 g/mol. The molecule has 5 heteroatoms. The van der Waals surface area contributed by atoms with Gasteiger partial charge in [0.25, 0.3) is 0 Å². The first kappa shape index (κ1) is 22.6. The maximum Gasteiger partial charge on any atom is 0.125 e. The van der Waals surface area contributed by atoms with Crippen LogP contribution in [0.4, 0.5) is 0 Å². The van der Waals surface area contributed by atoms with Crippen LogP contribution in [0, 0.1) is 64.1 Å². The Bertz CT molecular complexity index is 1040. The van der Waals surface area contributed by atoms with Gasteiger partial charge < -0.3 is 5.11 Å². The predicted octanol–water partition coefficient (Wildman–Crippen LogP) is 5.17. The molecule has 0 spiro atoms. The molecule has 1 aromatic rings. The van der Waals surface area contributed by atoms with Gasteiger partial charge in [-0.05, 0) is 124 Å². The van der Waals surface area contributed by atoms with Crippen LogP contribution in [0.25, 0.3) is 0 Å². The second-order valence-electron chi connectivity index (χ2n) is 13.1. The van der Waals surface area contributed by atoms with Gasteiger partial charge in [-0.25, -0.2) is 4.79 Å². The van der Waals surface area contributed by atoms with E-state index in [4.69, 9.17) is 0 Å². The molecule has 1 unspecified atom stereocenters. The van der Waals surface area contributed by atoms with Crippen LogP contribution in [0.5, 0.6) is 0 Å². The first-order valence-electron chi connectivity index (χ1n) is 13.7. The summed E-state index contributed by atoms with van der Waals surface area (Å²) in [6.45, 7) is 5.01. The molecule has 1 heterocycles. The van der Waals surface area contributed by atoms with Gasteiger partial charge in [-0.15, -0.1) is 0 Å². The second-order valence-corrected chi connectivity index (χ2v) is 13.1. The molecule has 5 saturated carbocycles. The Morgan fingerprint density at radius 3 is 2.56 bits per heavy atom. The summed E-state index contributed by atoms with van der Waals surface area (Å²) >= 11 is 0. The third-order valence-electron chi connectivity index (χ3n) is 11.2. The van der Waals surface area contributed by atoms with Crippen molar-refractivity contribution in [1.82, 2.24) is 9.78 Å². The predicted molar refractivity (Wildman–Crippen MR) is 129 cm³/mol. The van der Waals surface area contributed by atoms with Crippen molar-refractivity contribution in [1.29, 1.82) is 5.26 Å². The van der Waals surface area contributed by atoms with Crippen molar-refractivity contribution >= 4 is 5.94 Å². The van der Waals surface area contributed by atoms with Gasteiger partial charge in [-0.3, -0.25) is 4.68 Å². The Balaban J connectivity index is 1.28. The molecule has 182 valence electrons. The average Bonchev–Trinajstić information content (AvgIpc) is 3.47. The third-order valence-corrected chi connectivity index (χ3v) is 11.2. The summed E-state index contributed by atoms with van der Waals surface area (Å²) in [4.78, 5) is 12.3. The lowest BCUT2D eigenvalue weighted by atomic mass is 9.48. The van der Waals surface area contributed by atoms with Crippen LogP contribution in [-0.4, -0.2) is 26.4 Å². The van der Waals surface area contributed by atoms with E-state index >= 15 is 0 Å². The highest BCUT2D eigenvalue weighted by atomic mass is 16.3. The number of allylic oxidation sites excluding steroid dienone is 1. The number of carbonyl (C=O) groups excluding carboxylic acids is 1. The minimum absolute atomic E-state index is 0.166. The minimum Gasteiger partial charge on any atom is -0.390 e. The Kier molecular flexibility index (Phi) is 5.36. The zero-order valence-electron chi connectivity index (χ0n) is 20.7. The largest absolute Gasteiger partial charge is 0.390 e. The van der Waals surface area contributed by atoms with Crippen LogP contribution >= 0.6 is 0 Å². The molecule has 0 bridgehead atoms. The number of nitrogens with zero attached hydrogens (tertiary/aromatic N) is 3. The smallest absolute Gasteiger partial charge is 0.125 e. The van der Waals surface area contributed by atoms with Crippen LogP contribution in [0.3, 0.4) is 0 Å². The first-order valence-corrected chi connectivity index (χ1v) is 13.7. The van der Waals surface area contributed by atoms with E-state index in [0.717, 1.165) is 54.4 Å². The van der Waals surface area contributed by atoms with Gasteiger partial charge in [0.05, 0.1) is 23.9 Å². The summed E-state index contributed by atoms with van der Waals surface area (Å²) in [6, 6.07) is 2.14. The number of nitriles is 1. The highest BCUT2D eigenvalue weighted by Crippen LogP contribution is 2.70. The van der Waals surface area contributed by atoms with Crippen LogP contribution in [-0.2, 0) is 11.3 Å². The van der Waals surface area contributed by atoms with Gasteiger partial charge in [0.15, 0.2) is 0 Å². The molecule has 5 aliphatic rings. The molecule has 6 rings (SSSR count). The number of fused-ring (bicyclic) bond motifs is 5. The number of rotatable bonds is 4. The molecule has 0 saturated heterocycles. The third kappa shape index (κ3) is 3.61. The van der Waals surface area contributed by atoms with Crippen molar-refractivity contribution in [2.75, 3.05) is 0 Å². The zero-order chi connectivity index (χ0) is 23.7. The Labute approximate surface area is 203 Å². The van der Waals surface area contributed by atoms with E-state index in [-0.39, 0.29) is 11.3 Å². The van der Waals surface area contributed by atoms with Gasteiger partial charge in [0.2, 0.25) is 0 Å². The molecule has 34 heavy (non-hydrogen) atoms. The van der Waals surface area contributed by atoms with Gasteiger partial charge in [-0.2, -0.15) is 10.4 Å². The molecule has 0 radical (unpaired) electrons. The molecular formula is C29H39N3O2. The standard InChI is InChI=1S/C29H39N3O2/c1-28(34)9-7-22-20(12-28)5-6-24-23(22)8-10-29(2)26(11-25(27(24)29)19-3-4-19)21(17-33)16-32-15-18(13-30)14-31-32/h14-15,19-20,22-27,34H,3-12,16H2,1-2H3/t20-,22+,23-,24-,25+,26?,27-,28-,29-/m1/s1. The van der Waals surface area contributed by atoms with Crippen LogP contribution in [0.1, 0.15) is 83.6 Å². The van der Waals surface area contributed by atoms with E-state index < -0.39 is 5.60 Å². The Hall–Kier alpha value is -1.89. The molecule has 5 fully saturated rings. The number of hydrogen-bond donors (Lipinski definition) is 1. The van der Waals surface area contributed by atoms with E-state index in [0.29, 0.717) is 23.9 Å². The van der Waals surface area contributed by atoms with Crippen molar-refractivity contribution in [2.24, 2.45) is 52.8 Å². The number of hydrogen-bond acceptors (Lipinski definition) is 4. The van der Waals surface area contributed by atoms with Gasteiger partial charge in [0, 0.05) is 11.8 Å². The lowest BCUT2D eigenvalue weighted by molar-refractivity contribution is -0.106. The molecule has 0 amide bonds. The maximum absolute atomic E-state index is 12.3. The minimum atomic E-state index is -0.465. The summed E-state index contributed by atoms with van der Waals surface area (Å²) < 4.78 is 1.76. The van der Waals surface area contributed by atoms with Gasteiger partial charge >= 0.3 is 0 Å². The molecule has 5 nitrogen and oxygen atoms in total. The number of aliphatic hydroxyl groups is 1. The SMILES string of the molecule is C[C@@]1(O)CC[C@H]2[C@H](CC[C@@H]3[C@@H]2CC[C@]2(C)C(C(=C=O)Cn4cc(C#N)cn4)C[C@@H](C4CC4)[C@@H]32)C1. The van der Waals surface area contributed by atoms with Crippen molar-refractivity contribution in [2.45, 2.75) is 90.2 Å². The van der Waals surface area contributed by atoms with Crippen LogP contribution in [0.15, 0.2) is 18.0 Å². The second kappa shape index (κ2) is 8.07. The lowest BCUT2D eigenvalue weighted by Gasteiger charge is -2.58. The van der Waals surface area contributed by atoms with Gasteiger partial charge in [0.1, 0.15) is 12.0 Å². The first-order chi connectivity index (χ1) is 16.3. The van der Waals surface area contributed by atoms with Crippen molar-refractivity contribution in [3.8, 4) is 6.07 Å². The summed E-state index contributed by atoms with van der Waals surface area (Å²) in [6.07, 6.45) is 15.4. The van der Waals surface area contributed by atoms with Crippen molar-refractivity contribution in [3.63, 3.8) is 0 Å². The fourth-order valence-corrected chi connectivity index (χ4v) is 9.70.